The van der Waals surface area contributed by atoms with Gasteiger partial charge in [-0.3, -0.25) is 0 Å². The van der Waals surface area contributed by atoms with E-state index in [1.54, 1.807) is 0 Å². The molecule has 3 nitrogen and oxygen atoms in total. The lowest BCUT2D eigenvalue weighted by atomic mass is 10.2. The van der Waals surface area contributed by atoms with E-state index in [9.17, 15) is 0 Å². The summed E-state index contributed by atoms with van der Waals surface area (Å²) < 4.78 is 0. The minimum Gasteiger partial charge on any atom is -0.346 e. The highest BCUT2D eigenvalue weighted by Gasteiger charge is 1.97. The van der Waals surface area contributed by atoms with Crippen LogP contribution in [-0.2, 0) is 12.8 Å². The summed E-state index contributed by atoms with van der Waals surface area (Å²) in [6, 6.07) is 0. The van der Waals surface area contributed by atoms with Crippen LogP contribution in [0.1, 0.15) is 37.7 Å². The van der Waals surface area contributed by atoms with Gasteiger partial charge in [0.05, 0.1) is 0 Å². The summed E-state index contributed by atoms with van der Waals surface area (Å²) in [4.78, 5) is 7.60. The molecule has 0 fully saturated rings. The number of nitrogens with one attached hydrogen (secondary N) is 1. The number of nitrogens with two attached hydrogens (primary N) is 1. The van der Waals surface area contributed by atoms with E-state index < -0.39 is 0 Å². The van der Waals surface area contributed by atoms with Crippen LogP contribution in [0.3, 0.4) is 0 Å². The normalized spacial score (nSPS) is 10.6. The van der Waals surface area contributed by atoms with Crippen molar-refractivity contribution in [3.63, 3.8) is 0 Å². The Morgan fingerprint density at radius 1 is 1.38 bits per heavy atom. The highest BCUT2D eigenvalue weighted by molar-refractivity contribution is 5.00. The molecule has 1 aromatic heterocycles. The second kappa shape index (κ2) is 5.75. The largest absolute Gasteiger partial charge is 0.346 e. The summed E-state index contributed by atoms with van der Waals surface area (Å²) in [5.74, 6) is 1.12. The minimum atomic E-state index is 0.804. The summed E-state index contributed by atoms with van der Waals surface area (Å²) in [5, 5.41) is 0. The standard InChI is InChI=1S/C10H19N3/c1-2-9-8-12-10(13-9)6-4-3-5-7-11/h8H,2-7,11H2,1H3,(H,12,13). The van der Waals surface area contributed by atoms with Gasteiger partial charge in [0.2, 0.25) is 0 Å². The van der Waals surface area contributed by atoms with E-state index in [0.29, 0.717) is 0 Å². The summed E-state index contributed by atoms with van der Waals surface area (Å²) in [6.07, 6.45) is 7.54. The lowest BCUT2D eigenvalue weighted by Crippen LogP contribution is -1.98. The number of aryl methyl sites for hydroxylation is 2. The van der Waals surface area contributed by atoms with Crippen LogP contribution < -0.4 is 5.73 Å². The summed E-state index contributed by atoms with van der Waals surface area (Å²) in [5.41, 5.74) is 6.64. The summed E-state index contributed by atoms with van der Waals surface area (Å²) >= 11 is 0. The molecule has 0 saturated carbocycles. The molecule has 0 spiro atoms. The Balaban J connectivity index is 2.20. The molecule has 3 N–H and O–H groups in total. The molecular formula is C10H19N3. The Hall–Kier alpha value is -0.830. The maximum Gasteiger partial charge on any atom is 0.106 e. The van der Waals surface area contributed by atoms with Gasteiger partial charge in [0.15, 0.2) is 0 Å². The average molecular weight is 181 g/mol. The number of aromatic nitrogens is 2. The van der Waals surface area contributed by atoms with Crippen molar-refractivity contribution < 1.29 is 0 Å². The van der Waals surface area contributed by atoms with Crippen molar-refractivity contribution in [2.75, 3.05) is 6.54 Å². The molecule has 1 aromatic rings. The molecular weight excluding hydrogens is 162 g/mol. The molecule has 0 bridgehead atoms. The zero-order chi connectivity index (χ0) is 9.52. The van der Waals surface area contributed by atoms with E-state index in [2.05, 4.69) is 16.9 Å². The van der Waals surface area contributed by atoms with E-state index in [1.165, 1.54) is 18.5 Å². The zero-order valence-corrected chi connectivity index (χ0v) is 8.34. The minimum absolute atomic E-state index is 0.804. The third kappa shape index (κ3) is 3.59. The van der Waals surface area contributed by atoms with Crippen LogP contribution in [0.2, 0.25) is 0 Å². The van der Waals surface area contributed by atoms with Crippen molar-refractivity contribution in [3.8, 4) is 0 Å². The van der Waals surface area contributed by atoms with Crippen LogP contribution in [0, 0.1) is 0 Å². The molecule has 3 heteroatoms. The third-order valence-corrected chi connectivity index (χ3v) is 2.18. The van der Waals surface area contributed by atoms with Crippen molar-refractivity contribution in [2.45, 2.75) is 39.0 Å². The molecule has 0 saturated heterocycles. The van der Waals surface area contributed by atoms with Crippen LogP contribution in [-0.4, -0.2) is 16.5 Å². The molecule has 13 heavy (non-hydrogen) atoms. The lowest BCUT2D eigenvalue weighted by Gasteiger charge is -1.96. The van der Waals surface area contributed by atoms with E-state index >= 15 is 0 Å². The molecule has 74 valence electrons. The van der Waals surface area contributed by atoms with E-state index in [1.807, 2.05) is 6.20 Å². The van der Waals surface area contributed by atoms with Crippen molar-refractivity contribution in [3.05, 3.63) is 17.7 Å². The SMILES string of the molecule is CCc1cnc(CCCCCN)[nH]1. The zero-order valence-electron chi connectivity index (χ0n) is 8.34. The Morgan fingerprint density at radius 2 is 2.23 bits per heavy atom. The maximum atomic E-state index is 5.41. The second-order valence-corrected chi connectivity index (χ2v) is 3.31. The highest BCUT2D eigenvalue weighted by Crippen LogP contribution is 2.03. The van der Waals surface area contributed by atoms with Crippen LogP contribution in [0.5, 0.6) is 0 Å². The summed E-state index contributed by atoms with van der Waals surface area (Å²) in [6.45, 7) is 2.93. The van der Waals surface area contributed by atoms with Crippen molar-refractivity contribution in [1.29, 1.82) is 0 Å². The highest BCUT2D eigenvalue weighted by atomic mass is 14.9. The predicted molar refractivity (Wildman–Crippen MR) is 54.6 cm³/mol. The van der Waals surface area contributed by atoms with Gasteiger partial charge < -0.3 is 10.7 Å². The number of hydrogen-bond acceptors (Lipinski definition) is 2. The quantitative estimate of drug-likeness (QED) is 0.655. The Morgan fingerprint density at radius 3 is 2.85 bits per heavy atom. The van der Waals surface area contributed by atoms with Gasteiger partial charge in [-0.15, -0.1) is 0 Å². The van der Waals surface area contributed by atoms with Gasteiger partial charge in [-0.1, -0.05) is 13.3 Å². The first kappa shape index (κ1) is 10.3. The molecule has 0 aliphatic rings. The molecule has 0 aromatic carbocycles. The van der Waals surface area contributed by atoms with Gasteiger partial charge in [0.25, 0.3) is 0 Å². The first-order valence-corrected chi connectivity index (χ1v) is 5.09. The number of unbranched alkanes of at least 4 members (excludes halogenated alkanes) is 2. The number of hydrogen-bond donors (Lipinski definition) is 2. The van der Waals surface area contributed by atoms with Gasteiger partial charge in [0.1, 0.15) is 5.82 Å². The molecule has 0 aliphatic carbocycles. The molecule has 0 aliphatic heterocycles. The third-order valence-electron chi connectivity index (χ3n) is 2.18. The first-order chi connectivity index (χ1) is 6.36. The smallest absolute Gasteiger partial charge is 0.106 e. The fraction of sp³-hybridized carbons (Fsp3) is 0.700. The Kier molecular flexibility index (Phi) is 4.54. The van der Waals surface area contributed by atoms with Crippen LogP contribution in [0.25, 0.3) is 0 Å². The number of rotatable bonds is 6. The molecule has 0 atom stereocenters. The van der Waals surface area contributed by atoms with Crippen LogP contribution >= 0.6 is 0 Å². The van der Waals surface area contributed by atoms with Crippen LogP contribution in [0.4, 0.5) is 0 Å². The summed E-state index contributed by atoms with van der Waals surface area (Å²) in [7, 11) is 0. The predicted octanol–water partition coefficient (Wildman–Crippen LogP) is 1.64. The molecule has 0 radical (unpaired) electrons. The number of H-pyrrole nitrogens is 1. The van der Waals surface area contributed by atoms with Crippen LogP contribution in [0.15, 0.2) is 6.20 Å². The maximum absolute atomic E-state index is 5.41. The lowest BCUT2D eigenvalue weighted by molar-refractivity contribution is 0.672. The monoisotopic (exact) mass is 181 g/mol. The topological polar surface area (TPSA) is 54.7 Å². The van der Waals surface area contributed by atoms with Crippen molar-refractivity contribution >= 4 is 0 Å². The van der Waals surface area contributed by atoms with E-state index in [0.717, 1.165) is 31.6 Å². The van der Waals surface area contributed by atoms with E-state index in [4.69, 9.17) is 5.73 Å². The number of nitrogens with zero attached hydrogens (tertiary/aromatic N) is 1. The van der Waals surface area contributed by atoms with Gasteiger partial charge >= 0.3 is 0 Å². The Labute approximate surface area is 79.8 Å². The molecule has 1 heterocycles. The van der Waals surface area contributed by atoms with Gasteiger partial charge in [0, 0.05) is 18.3 Å². The second-order valence-electron chi connectivity index (χ2n) is 3.31. The fourth-order valence-corrected chi connectivity index (χ4v) is 1.33. The number of imidazole rings is 1. The van der Waals surface area contributed by atoms with Crippen molar-refractivity contribution in [1.82, 2.24) is 9.97 Å². The Bertz CT molecular complexity index is 230. The van der Waals surface area contributed by atoms with Crippen molar-refractivity contribution in [2.24, 2.45) is 5.73 Å². The average Bonchev–Trinajstić information content (AvgIpc) is 2.60. The number of aromatic amines is 1. The van der Waals surface area contributed by atoms with E-state index in [-0.39, 0.29) is 0 Å². The van der Waals surface area contributed by atoms with Gasteiger partial charge in [-0.2, -0.15) is 0 Å². The molecule has 0 unspecified atom stereocenters. The molecule has 1 rings (SSSR count). The van der Waals surface area contributed by atoms with Gasteiger partial charge in [-0.05, 0) is 25.8 Å². The molecule has 0 amide bonds. The first-order valence-electron chi connectivity index (χ1n) is 5.09. The van der Waals surface area contributed by atoms with Gasteiger partial charge in [-0.25, -0.2) is 4.98 Å². The fourth-order valence-electron chi connectivity index (χ4n) is 1.33.